The lowest BCUT2D eigenvalue weighted by Crippen LogP contribution is -2.52. The Hall–Kier alpha value is -2.41. The van der Waals surface area contributed by atoms with Crippen LogP contribution in [0.5, 0.6) is 0 Å². The standard InChI is InChI=1S/C62H116NO6/c1-7-10-13-16-19-22-25-28-31-34-37-40-43-46-49-52-59(64)67-56-62(55-63(4,5)6,57-68-60(65)53-50-47-44-41-38-35-32-29-26-23-20-17-14-11-8-2)58-69-61(66)54-51-48-45-42-39-36-33-30-27-24-21-18-15-12-9-3/h28-33H,7-27,34-58H2,1-6H3/q+1/b31-28-,32-29-,33-30?. The van der Waals surface area contributed by atoms with Crippen molar-refractivity contribution in [1.82, 2.24) is 0 Å². The molecule has 69 heavy (non-hydrogen) atoms. The Labute approximate surface area is 429 Å². The number of rotatable bonds is 53. The average Bonchev–Trinajstić information content (AvgIpc) is 3.32. The van der Waals surface area contributed by atoms with E-state index in [0.29, 0.717) is 30.3 Å². The van der Waals surface area contributed by atoms with Gasteiger partial charge in [0.05, 0.1) is 27.7 Å². The van der Waals surface area contributed by atoms with Gasteiger partial charge in [-0.25, -0.2) is 0 Å². The van der Waals surface area contributed by atoms with Crippen LogP contribution in [0.1, 0.15) is 290 Å². The Morgan fingerprint density at radius 2 is 0.522 bits per heavy atom. The first-order chi connectivity index (χ1) is 33.6. The molecule has 0 fully saturated rings. The van der Waals surface area contributed by atoms with Crippen LogP contribution in [0.3, 0.4) is 0 Å². The highest BCUT2D eigenvalue weighted by Crippen LogP contribution is 2.25. The van der Waals surface area contributed by atoms with Crippen molar-refractivity contribution in [2.45, 2.75) is 290 Å². The molecule has 0 aliphatic rings. The van der Waals surface area contributed by atoms with E-state index in [0.717, 1.165) is 77.0 Å². The number of quaternary nitrogens is 1. The number of ether oxygens (including phenoxy) is 3. The van der Waals surface area contributed by atoms with E-state index < -0.39 is 5.41 Å². The maximum Gasteiger partial charge on any atom is 0.305 e. The van der Waals surface area contributed by atoms with Crippen molar-refractivity contribution in [3.05, 3.63) is 36.5 Å². The molecule has 0 spiro atoms. The molecule has 0 aromatic carbocycles. The fraction of sp³-hybridized carbons (Fsp3) is 0.855. The Kier molecular flexibility index (Phi) is 48.8. The highest BCUT2D eigenvalue weighted by molar-refractivity contribution is 5.70. The SMILES string of the molecule is CCCCCCCCC=CCCCCCCCC(=O)OCC(COC(=O)CCCCCCC/C=C\CCCCCCCC)(COC(=O)CCCCCCC/C=C\CCCCCCCC)C[N+](C)(C)C. The molecule has 0 amide bonds. The number of carbonyl (C=O) groups is 3. The monoisotopic (exact) mass is 971 g/mol. The Balaban J connectivity index is 4.94. The highest BCUT2D eigenvalue weighted by atomic mass is 16.6. The molecule has 0 N–H and O–H groups in total. The van der Waals surface area contributed by atoms with E-state index in [1.165, 1.54) is 173 Å². The van der Waals surface area contributed by atoms with Crippen LogP contribution in [0.2, 0.25) is 0 Å². The van der Waals surface area contributed by atoms with Crippen molar-refractivity contribution in [3.63, 3.8) is 0 Å². The molecule has 0 atom stereocenters. The molecule has 0 radical (unpaired) electrons. The predicted molar refractivity (Wildman–Crippen MR) is 297 cm³/mol. The molecule has 0 unspecified atom stereocenters. The van der Waals surface area contributed by atoms with Gasteiger partial charge >= 0.3 is 17.9 Å². The fourth-order valence-electron chi connectivity index (χ4n) is 9.21. The Morgan fingerprint density at radius 3 is 0.739 bits per heavy atom. The first kappa shape index (κ1) is 66.6. The quantitative estimate of drug-likeness (QED) is 0.0199. The van der Waals surface area contributed by atoms with Gasteiger partial charge in [0, 0.05) is 19.3 Å². The van der Waals surface area contributed by atoms with Crippen LogP contribution >= 0.6 is 0 Å². The van der Waals surface area contributed by atoms with Crippen LogP contribution in [-0.4, -0.2) is 69.9 Å². The van der Waals surface area contributed by atoms with E-state index in [1.54, 1.807) is 0 Å². The third-order valence-electron chi connectivity index (χ3n) is 13.4. The van der Waals surface area contributed by atoms with Gasteiger partial charge in [-0.05, 0) is 96.3 Å². The summed E-state index contributed by atoms with van der Waals surface area (Å²) < 4.78 is 18.4. The number of hydrogen-bond acceptors (Lipinski definition) is 6. The minimum absolute atomic E-state index is 0.0494. The van der Waals surface area contributed by atoms with Gasteiger partial charge in [-0.2, -0.15) is 0 Å². The summed E-state index contributed by atoms with van der Waals surface area (Å²) in [7, 11) is 6.22. The predicted octanol–water partition coefficient (Wildman–Crippen LogP) is 18.4. The molecule has 0 aromatic rings. The van der Waals surface area contributed by atoms with E-state index >= 15 is 0 Å². The highest BCUT2D eigenvalue weighted by Gasteiger charge is 2.41. The lowest BCUT2D eigenvalue weighted by Gasteiger charge is -2.38. The first-order valence-electron chi connectivity index (χ1n) is 29.8. The molecule has 0 aromatic heterocycles. The molecule has 0 saturated heterocycles. The minimum Gasteiger partial charge on any atom is -0.465 e. The van der Waals surface area contributed by atoms with Gasteiger partial charge in [-0.15, -0.1) is 0 Å². The zero-order chi connectivity index (χ0) is 50.6. The summed E-state index contributed by atoms with van der Waals surface area (Å²) in [5.74, 6) is -0.715. The zero-order valence-electron chi connectivity index (χ0n) is 46.9. The van der Waals surface area contributed by atoms with Gasteiger partial charge in [0.2, 0.25) is 0 Å². The fourth-order valence-corrected chi connectivity index (χ4v) is 9.21. The molecule has 404 valence electrons. The largest absolute Gasteiger partial charge is 0.465 e. The molecule has 7 nitrogen and oxygen atoms in total. The number of esters is 3. The molecule has 0 bridgehead atoms. The lowest BCUT2D eigenvalue weighted by molar-refractivity contribution is -0.877. The molecular weight excluding hydrogens is 855 g/mol. The summed E-state index contributed by atoms with van der Waals surface area (Å²) in [6.45, 7) is 7.47. The number of unbranched alkanes of at least 4 members (excludes halogenated alkanes) is 33. The summed E-state index contributed by atoms with van der Waals surface area (Å²) in [5, 5.41) is 0. The van der Waals surface area contributed by atoms with Crippen LogP contribution in [0.15, 0.2) is 36.5 Å². The number of nitrogens with zero attached hydrogens (tertiary/aromatic N) is 1. The van der Waals surface area contributed by atoms with Crippen LogP contribution in [-0.2, 0) is 28.6 Å². The van der Waals surface area contributed by atoms with Gasteiger partial charge in [0.25, 0.3) is 0 Å². The first-order valence-corrected chi connectivity index (χ1v) is 29.8. The molecule has 7 heteroatoms. The minimum atomic E-state index is -0.840. The van der Waals surface area contributed by atoms with E-state index in [1.807, 2.05) is 0 Å². The third kappa shape index (κ3) is 50.3. The number of hydrogen-bond donors (Lipinski definition) is 0. The molecule has 0 aliphatic carbocycles. The van der Waals surface area contributed by atoms with Crippen LogP contribution < -0.4 is 0 Å². The second-order valence-electron chi connectivity index (χ2n) is 21.9. The van der Waals surface area contributed by atoms with Crippen LogP contribution in [0.25, 0.3) is 0 Å². The number of allylic oxidation sites excluding steroid dienone is 6. The molecule has 0 rings (SSSR count). The van der Waals surface area contributed by atoms with Crippen molar-refractivity contribution in [3.8, 4) is 0 Å². The average molecular weight is 972 g/mol. The van der Waals surface area contributed by atoms with Gasteiger partial charge in [0.1, 0.15) is 25.2 Å². The summed E-state index contributed by atoms with van der Waals surface area (Å²) >= 11 is 0. The van der Waals surface area contributed by atoms with E-state index in [-0.39, 0.29) is 37.7 Å². The normalized spacial score (nSPS) is 12.3. The maximum atomic E-state index is 13.1. The van der Waals surface area contributed by atoms with Crippen molar-refractivity contribution in [2.75, 3.05) is 47.5 Å². The maximum absolute atomic E-state index is 13.1. The second kappa shape index (κ2) is 50.5. The van der Waals surface area contributed by atoms with Gasteiger partial charge in [-0.3, -0.25) is 14.4 Å². The second-order valence-corrected chi connectivity index (χ2v) is 21.9. The topological polar surface area (TPSA) is 78.9 Å². The van der Waals surface area contributed by atoms with E-state index in [9.17, 15) is 14.4 Å². The zero-order valence-corrected chi connectivity index (χ0v) is 46.9. The van der Waals surface area contributed by atoms with Crippen LogP contribution in [0.4, 0.5) is 0 Å². The Morgan fingerprint density at radius 1 is 0.319 bits per heavy atom. The Bertz CT molecular complexity index is 1100. The summed E-state index contributed by atoms with van der Waals surface area (Å²) in [4.78, 5) is 39.4. The van der Waals surface area contributed by atoms with E-state index in [4.69, 9.17) is 14.2 Å². The van der Waals surface area contributed by atoms with Gasteiger partial charge < -0.3 is 18.7 Å². The van der Waals surface area contributed by atoms with Gasteiger partial charge in [-0.1, -0.05) is 211 Å². The van der Waals surface area contributed by atoms with Crippen LogP contribution in [0, 0.1) is 5.41 Å². The molecule has 0 saturated carbocycles. The van der Waals surface area contributed by atoms with Crippen molar-refractivity contribution in [1.29, 1.82) is 0 Å². The van der Waals surface area contributed by atoms with Crippen molar-refractivity contribution < 1.29 is 33.1 Å². The summed E-state index contributed by atoms with van der Waals surface area (Å²) in [6.07, 6.45) is 62.2. The molecular formula is C62H116NO6+. The smallest absolute Gasteiger partial charge is 0.305 e. The molecule has 0 aliphatic heterocycles. The molecule has 0 heterocycles. The summed E-state index contributed by atoms with van der Waals surface area (Å²) in [5.41, 5.74) is -0.840. The summed E-state index contributed by atoms with van der Waals surface area (Å²) in [6, 6.07) is 0. The van der Waals surface area contributed by atoms with E-state index in [2.05, 4.69) is 78.4 Å². The van der Waals surface area contributed by atoms with Crippen molar-refractivity contribution in [2.24, 2.45) is 5.41 Å². The van der Waals surface area contributed by atoms with Gasteiger partial charge in [0.15, 0.2) is 0 Å². The third-order valence-corrected chi connectivity index (χ3v) is 13.4. The van der Waals surface area contributed by atoms with Crippen molar-refractivity contribution >= 4 is 17.9 Å². The number of carbonyl (C=O) groups excluding carboxylic acids is 3. The lowest BCUT2D eigenvalue weighted by atomic mass is 9.89.